The molecule has 180 valence electrons. The SMILES string of the molecule is Cc1ccc(COc2cccc([C@H]3CC(=O)Nc4c3c(C)nn4-c3ccc4nnc(C)n4n3)c2)cc1. The lowest BCUT2D eigenvalue weighted by atomic mass is 9.86. The van der Waals surface area contributed by atoms with Crippen molar-refractivity contribution in [3.05, 3.63) is 94.4 Å². The molecule has 6 rings (SSSR count). The molecular weight excluding hydrogens is 454 g/mol. The van der Waals surface area contributed by atoms with Gasteiger partial charge in [-0.1, -0.05) is 42.0 Å². The van der Waals surface area contributed by atoms with Gasteiger partial charge in [-0.25, -0.2) is 0 Å². The summed E-state index contributed by atoms with van der Waals surface area (Å²) in [6.45, 7) is 6.34. The summed E-state index contributed by atoms with van der Waals surface area (Å²) in [5.74, 6) is 2.44. The molecule has 0 fully saturated rings. The molecule has 0 spiro atoms. The van der Waals surface area contributed by atoms with Crippen molar-refractivity contribution in [2.24, 2.45) is 0 Å². The monoisotopic (exact) mass is 479 g/mol. The number of aromatic nitrogens is 6. The van der Waals surface area contributed by atoms with E-state index in [0.29, 0.717) is 36.1 Å². The van der Waals surface area contributed by atoms with Crippen LogP contribution in [0, 0.1) is 20.8 Å². The molecule has 0 radical (unpaired) electrons. The first-order chi connectivity index (χ1) is 17.5. The first-order valence-electron chi connectivity index (χ1n) is 11.8. The van der Waals surface area contributed by atoms with E-state index < -0.39 is 0 Å². The minimum absolute atomic E-state index is 0.0683. The molecule has 0 saturated carbocycles. The van der Waals surface area contributed by atoms with Gasteiger partial charge in [0.05, 0.1) is 5.69 Å². The summed E-state index contributed by atoms with van der Waals surface area (Å²) < 4.78 is 9.43. The average Bonchev–Trinajstić information content (AvgIpc) is 3.42. The highest BCUT2D eigenvalue weighted by molar-refractivity contribution is 5.95. The quantitative estimate of drug-likeness (QED) is 0.404. The molecule has 5 aromatic rings. The minimum Gasteiger partial charge on any atom is -0.489 e. The molecule has 2 aromatic carbocycles. The molecular formula is C27H25N7O2. The fourth-order valence-electron chi connectivity index (χ4n) is 4.67. The zero-order chi connectivity index (χ0) is 24.8. The Labute approximate surface area is 207 Å². The molecule has 1 atom stereocenters. The number of fused-ring (bicyclic) bond motifs is 2. The van der Waals surface area contributed by atoms with Gasteiger partial charge in [0.1, 0.15) is 18.2 Å². The summed E-state index contributed by atoms with van der Waals surface area (Å²) in [5, 5.41) is 20.6. The summed E-state index contributed by atoms with van der Waals surface area (Å²) in [4.78, 5) is 12.8. The standard InChI is InChI=1S/C27H25N7O2/c1-16-7-9-19(10-8-16)15-36-21-6-4-5-20(13-21)22-14-25(35)28-27-26(22)17(2)31-34(27)24-12-11-23-30-29-18(3)33(23)32-24/h4-13,22H,14-15H2,1-3H3,(H,28,35)/t22-/m1/s1. The molecule has 0 aliphatic carbocycles. The van der Waals surface area contributed by atoms with Crippen molar-refractivity contribution in [2.45, 2.75) is 39.7 Å². The molecule has 0 saturated heterocycles. The van der Waals surface area contributed by atoms with E-state index >= 15 is 0 Å². The molecule has 1 aliphatic heterocycles. The van der Waals surface area contributed by atoms with Crippen LogP contribution >= 0.6 is 0 Å². The van der Waals surface area contributed by atoms with Crippen molar-refractivity contribution in [2.75, 3.05) is 5.32 Å². The summed E-state index contributed by atoms with van der Waals surface area (Å²) >= 11 is 0. The lowest BCUT2D eigenvalue weighted by Crippen LogP contribution is -2.25. The minimum atomic E-state index is -0.147. The average molecular weight is 480 g/mol. The van der Waals surface area contributed by atoms with Gasteiger partial charge in [0, 0.05) is 17.9 Å². The highest BCUT2D eigenvalue weighted by Gasteiger charge is 2.33. The van der Waals surface area contributed by atoms with Gasteiger partial charge in [-0.05, 0) is 56.2 Å². The molecule has 9 nitrogen and oxygen atoms in total. The molecule has 1 amide bonds. The summed E-state index contributed by atoms with van der Waals surface area (Å²) in [6, 6.07) is 19.9. The van der Waals surface area contributed by atoms with Crippen molar-refractivity contribution >= 4 is 17.4 Å². The van der Waals surface area contributed by atoms with E-state index in [-0.39, 0.29) is 11.8 Å². The Kier molecular flexibility index (Phi) is 5.25. The van der Waals surface area contributed by atoms with E-state index in [4.69, 9.17) is 9.84 Å². The zero-order valence-corrected chi connectivity index (χ0v) is 20.3. The topological polar surface area (TPSA) is 99.2 Å². The maximum absolute atomic E-state index is 12.8. The van der Waals surface area contributed by atoms with Crippen LogP contribution in [0.2, 0.25) is 0 Å². The third-order valence-electron chi connectivity index (χ3n) is 6.51. The van der Waals surface area contributed by atoms with Crippen LogP contribution in [0.3, 0.4) is 0 Å². The van der Waals surface area contributed by atoms with E-state index in [2.05, 4.69) is 51.8 Å². The van der Waals surface area contributed by atoms with Crippen LogP contribution in [0.25, 0.3) is 11.5 Å². The Bertz CT molecular complexity index is 1600. The highest BCUT2D eigenvalue weighted by atomic mass is 16.5. The Morgan fingerprint density at radius 1 is 1.00 bits per heavy atom. The van der Waals surface area contributed by atoms with Crippen LogP contribution in [-0.4, -0.2) is 35.5 Å². The number of hydrogen-bond donors (Lipinski definition) is 1. The Balaban J connectivity index is 1.34. The van der Waals surface area contributed by atoms with Gasteiger partial charge >= 0.3 is 0 Å². The number of carbonyl (C=O) groups excluding carboxylic acids is 1. The lowest BCUT2D eigenvalue weighted by molar-refractivity contribution is -0.116. The van der Waals surface area contributed by atoms with Gasteiger partial charge < -0.3 is 10.1 Å². The smallest absolute Gasteiger partial charge is 0.226 e. The van der Waals surface area contributed by atoms with Crippen molar-refractivity contribution in [3.8, 4) is 11.6 Å². The van der Waals surface area contributed by atoms with Gasteiger partial charge in [0.25, 0.3) is 0 Å². The molecule has 4 heterocycles. The normalized spacial score (nSPS) is 15.1. The molecule has 1 aliphatic rings. The molecule has 9 heteroatoms. The van der Waals surface area contributed by atoms with Gasteiger partial charge in [0.2, 0.25) is 5.91 Å². The molecule has 36 heavy (non-hydrogen) atoms. The first kappa shape index (κ1) is 22.0. The van der Waals surface area contributed by atoms with Crippen LogP contribution in [0.5, 0.6) is 5.75 Å². The van der Waals surface area contributed by atoms with Crippen LogP contribution in [0.4, 0.5) is 5.82 Å². The number of hydrogen-bond acceptors (Lipinski definition) is 6. The summed E-state index contributed by atoms with van der Waals surface area (Å²) in [7, 11) is 0. The van der Waals surface area contributed by atoms with Crippen LogP contribution in [-0.2, 0) is 11.4 Å². The van der Waals surface area contributed by atoms with E-state index in [1.54, 1.807) is 9.20 Å². The van der Waals surface area contributed by atoms with Crippen LogP contribution < -0.4 is 10.1 Å². The second-order valence-electron chi connectivity index (χ2n) is 9.12. The van der Waals surface area contributed by atoms with E-state index in [1.165, 1.54) is 5.56 Å². The fraction of sp³-hybridized carbons (Fsp3) is 0.222. The number of amides is 1. The predicted octanol–water partition coefficient (Wildman–Crippen LogP) is 4.29. The molecule has 0 unspecified atom stereocenters. The van der Waals surface area contributed by atoms with E-state index in [0.717, 1.165) is 28.1 Å². The second-order valence-corrected chi connectivity index (χ2v) is 9.12. The maximum Gasteiger partial charge on any atom is 0.226 e. The number of anilines is 1. The molecule has 1 N–H and O–H groups in total. The predicted molar refractivity (Wildman–Crippen MR) is 134 cm³/mol. The number of carbonyl (C=O) groups is 1. The van der Waals surface area contributed by atoms with Gasteiger partial charge in [-0.3, -0.25) is 4.79 Å². The van der Waals surface area contributed by atoms with Crippen molar-refractivity contribution < 1.29 is 9.53 Å². The molecule has 0 bridgehead atoms. The van der Waals surface area contributed by atoms with Crippen molar-refractivity contribution in [3.63, 3.8) is 0 Å². The number of aryl methyl sites for hydroxylation is 3. The third-order valence-corrected chi connectivity index (χ3v) is 6.51. The Morgan fingerprint density at radius 2 is 1.83 bits per heavy atom. The number of nitrogens with one attached hydrogen (secondary N) is 1. The Hall–Kier alpha value is -4.53. The van der Waals surface area contributed by atoms with Crippen LogP contribution in [0.15, 0.2) is 60.7 Å². The van der Waals surface area contributed by atoms with E-state index in [9.17, 15) is 4.79 Å². The third kappa shape index (κ3) is 3.88. The highest BCUT2D eigenvalue weighted by Crippen LogP contribution is 2.40. The largest absolute Gasteiger partial charge is 0.489 e. The van der Waals surface area contributed by atoms with Crippen molar-refractivity contribution in [1.29, 1.82) is 0 Å². The van der Waals surface area contributed by atoms with E-state index in [1.807, 2.05) is 50.2 Å². The number of rotatable bonds is 5. The fourth-order valence-corrected chi connectivity index (χ4v) is 4.67. The number of benzene rings is 2. The zero-order valence-electron chi connectivity index (χ0n) is 20.3. The maximum atomic E-state index is 12.8. The number of ether oxygens (including phenoxy) is 1. The Morgan fingerprint density at radius 3 is 2.67 bits per heavy atom. The molecule has 3 aromatic heterocycles. The van der Waals surface area contributed by atoms with Gasteiger partial charge in [0.15, 0.2) is 17.3 Å². The summed E-state index contributed by atoms with van der Waals surface area (Å²) in [5.41, 5.74) is 5.80. The summed E-state index contributed by atoms with van der Waals surface area (Å²) in [6.07, 6.45) is 0.331. The van der Waals surface area contributed by atoms with Gasteiger partial charge in [-0.2, -0.15) is 14.3 Å². The lowest BCUT2D eigenvalue weighted by Gasteiger charge is -2.24. The van der Waals surface area contributed by atoms with Crippen molar-refractivity contribution in [1.82, 2.24) is 29.6 Å². The van der Waals surface area contributed by atoms with Gasteiger partial charge in [-0.15, -0.1) is 15.3 Å². The number of nitrogens with zero attached hydrogens (tertiary/aromatic N) is 6. The first-order valence-corrected chi connectivity index (χ1v) is 11.8. The second kappa shape index (κ2) is 8.60. The van der Waals surface area contributed by atoms with Crippen LogP contribution in [0.1, 0.15) is 46.1 Å².